The molecule has 0 aromatic heterocycles. The average molecular weight is 675 g/mol. The predicted octanol–water partition coefficient (Wildman–Crippen LogP) is 7.15. The molecule has 7 nitrogen and oxygen atoms in total. The normalized spacial score (nSPS) is 23.2. The number of benzene rings is 3. The smallest absolute Gasteiger partial charge is 0.264 e. The lowest BCUT2D eigenvalue weighted by Gasteiger charge is -2.45. The van der Waals surface area contributed by atoms with Crippen molar-refractivity contribution in [3.05, 3.63) is 119 Å². The summed E-state index contributed by atoms with van der Waals surface area (Å²) in [6.45, 7) is 9.35. The third-order valence-corrected chi connectivity index (χ3v) is 12.3. The highest BCUT2D eigenvalue weighted by Crippen LogP contribution is 2.46. The molecule has 248 valence electrons. The first kappa shape index (κ1) is 33.3. The van der Waals surface area contributed by atoms with Crippen LogP contribution in [0.25, 0.3) is 0 Å². The molecule has 9 heteroatoms. The summed E-state index contributed by atoms with van der Waals surface area (Å²) in [5.74, 6) is 0.299. The van der Waals surface area contributed by atoms with E-state index in [1.165, 1.54) is 11.1 Å². The van der Waals surface area contributed by atoms with Gasteiger partial charge in [0.25, 0.3) is 5.91 Å². The predicted molar refractivity (Wildman–Crippen MR) is 188 cm³/mol. The third-order valence-electron chi connectivity index (χ3n) is 10.3. The zero-order valence-electron chi connectivity index (χ0n) is 26.6. The highest BCUT2D eigenvalue weighted by Gasteiger charge is 2.44. The minimum Gasteiger partial charge on any atom is -0.490 e. The van der Waals surface area contributed by atoms with Gasteiger partial charge in [-0.15, -0.1) is 13.2 Å². The summed E-state index contributed by atoms with van der Waals surface area (Å²) in [7, 11) is -4.07. The van der Waals surface area contributed by atoms with Crippen molar-refractivity contribution in [2.45, 2.75) is 61.7 Å². The van der Waals surface area contributed by atoms with Crippen LogP contribution < -0.4 is 14.4 Å². The van der Waals surface area contributed by atoms with Crippen LogP contribution in [0.5, 0.6) is 5.75 Å². The van der Waals surface area contributed by atoms with Crippen molar-refractivity contribution in [2.75, 3.05) is 24.6 Å². The van der Waals surface area contributed by atoms with E-state index in [9.17, 15) is 18.3 Å². The second-order valence-electron chi connectivity index (χ2n) is 13.3. The Bertz CT molecular complexity index is 1750. The average Bonchev–Trinajstić information content (AvgIpc) is 3.20. The molecule has 5 atom stereocenters. The topological polar surface area (TPSA) is 95.9 Å². The molecular formula is C38H43ClN2O5S. The van der Waals surface area contributed by atoms with Gasteiger partial charge in [-0.05, 0) is 104 Å². The molecule has 2 N–H and O–H groups in total. The van der Waals surface area contributed by atoms with Crippen molar-refractivity contribution in [1.29, 1.82) is 0 Å². The number of rotatable bonds is 11. The molecule has 3 aliphatic rings. The van der Waals surface area contributed by atoms with Crippen LogP contribution in [0.3, 0.4) is 0 Å². The Morgan fingerprint density at radius 2 is 1.94 bits per heavy atom. The van der Waals surface area contributed by atoms with Crippen LogP contribution in [0.15, 0.2) is 92.0 Å². The van der Waals surface area contributed by atoms with Crippen molar-refractivity contribution in [1.82, 2.24) is 4.72 Å². The van der Waals surface area contributed by atoms with Crippen molar-refractivity contribution >= 4 is 33.2 Å². The Morgan fingerprint density at radius 3 is 2.66 bits per heavy atom. The number of anilines is 1. The molecule has 1 fully saturated rings. The van der Waals surface area contributed by atoms with Gasteiger partial charge >= 0.3 is 0 Å². The molecule has 1 aliphatic heterocycles. The molecular weight excluding hydrogens is 632 g/mol. The summed E-state index contributed by atoms with van der Waals surface area (Å²) in [4.78, 5) is 16.0. The van der Waals surface area contributed by atoms with Gasteiger partial charge in [0, 0.05) is 29.1 Å². The van der Waals surface area contributed by atoms with E-state index in [0.29, 0.717) is 43.9 Å². The lowest BCUT2D eigenvalue weighted by Crippen LogP contribution is -2.49. The Kier molecular flexibility index (Phi) is 9.83. The summed E-state index contributed by atoms with van der Waals surface area (Å²) >= 11 is 6.41. The second kappa shape index (κ2) is 13.9. The molecule has 47 heavy (non-hydrogen) atoms. The molecule has 1 unspecified atom stereocenters. The minimum absolute atomic E-state index is 0.107. The minimum atomic E-state index is -4.07. The van der Waals surface area contributed by atoms with E-state index in [1.54, 1.807) is 54.6 Å². The van der Waals surface area contributed by atoms with Gasteiger partial charge in [0.15, 0.2) is 0 Å². The van der Waals surface area contributed by atoms with Gasteiger partial charge in [-0.1, -0.05) is 60.2 Å². The molecule has 3 aromatic rings. The third kappa shape index (κ3) is 6.87. The molecule has 2 aliphatic carbocycles. The van der Waals surface area contributed by atoms with E-state index in [2.05, 4.69) is 34.9 Å². The van der Waals surface area contributed by atoms with E-state index < -0.39 is 27.3 Å². The quantitative estimate of drug-likeness (QED) is 0.210. The number of nitrogens with zero attached hydrogens (tertiary/aromatic N) is 1. The molecule has 3 aromatic carbocycles. The van der Waals surface area contributed by atoms with Crippen molar-refractivity contribution in [2.24, 2.45) is 11.8 Å². The number of amides is 1. The fourth-order valence-corrected chi connectivity index (χ4v) is 9.36. The number of carbonyl (C=O) groups is 1. The number of carbonyl (C=O) groups excluding carboxylic acids is 1. The number of hydrogen-bond donors (Lipinski definition) is 2. The van der Waals surface area contributed by atoms with Crippen molar-refractivity contribution in [3.8, 4) is 5.75 Å². The maximum atomic E-state index is 13.7. The van der Waals surface area contributed by atoms with Crippen molar-refractivity contribution < 1.29 is 23.1 Å². The number of ether oxygens (including phenoxy) is 1. The summed E-state index contributed by atoms with van der Waals surface area (Å²) in [5, 5.41) is 10.5. The zero-order valence-corrected chi connectivity index (χ0v) is 28.2. The van der Waals surface area contributed by atoms with Gasteiger partial charge in [-0.2, -0.15) is 0 Å². The van der Waals surface area contributed by atoms with Crippen molar-refractivity contribution in [3.63, 3.8) is 0 Å². The second-order valence-corrected chi connectivity index (χ2v) is 15.6. The summed E-state index contributed by atoms with van der Waals surface area (Å²) in [6, 6.07) is 20.2. The van der Waals surface area contributed by atoms with Crippen LogP contribution in [-0.4, -0.2) is 45.2 Å². The highest BCUT2D eigenvalue weighted by atomic mass is 35.5. The number of aliphatic hydroxyl groups excluding tert-OH is 1. The number of hydrogen-bond acceptors (Lipinski definition) is 6. The van der Waals surface area contributed by atoms with E-state index in [-0.39, 0.29) is 22.8 Å². The van der Waals surface area contributed by atoms with Gasteiger partial charge in [0.2, 0.25) is 10.0 Å². The molecule has 0 saturated heterocycles. The number of aliphatic hydroxyl groups is 1. The first-order valence-electron chi connectivity index (χ1n) is 16.5. The van der Waals surface area contributed by atoms with Gasteiger partial charge in [0.05, 0.1) is 18.4 Å². The van der Waals surface area contributed by atoms with Crippen LogP contribution >= 0.6 is 11.6 Å². The molecule has 1 saturated carbocycles. The monoisotopic (exact) mass is 674 g/mol. The number of sulfonamides is 1. The van der Waals surface area contributed by atoms with Crippen LogP contribution in [0.2, 0.25) is 5.02 Å². The maximum Gasteiger partial charge on any atom is 0.264 e. The Hall–Kier alpha value is -3.59. The van der Waals surface area contributed by atoms with E-state index in [4.69, 9.17) is 16.3 Å². The Labute approximate surface area is 283 Å². The SMILES string of the molecule is C=CCC[C@@H](c1ccccc1)S(=O)(=O)NC(=O)c1ccc2c(c1)N(CC1CC[C@H]1[C@@H](O)C=C)C[C@@]1(CCCc3cc(Cl)ccc31)CO2. The van der Waals surface area contributed by atoms with Gasteiger partial charge < -0.3 is 14.7 Å². The first-order valence-corrected chi connectivity index (χ1v) is 18.4. The number of halogens is 1. The molecule has 6 rings (SSSR count). The van der Waals surface area contributed by atoms with E-state index in [1.807, 2.05) is 12.1 Å². The van der Waals surface area contributed by atoms with Crippen LogP contribution in [0.4, 0.5) is 5.69 Å². The highest BCUT2D eigenvalue weighted by molar-refractivity contribution is 7.90. The lowest BCUT2D eigenvalue weighted by atomic mass is 9.68. The van der Waals surface area contributed by atoms with E-state index in [0.717, 1.165) is 42.8 Å². The molecule has 0 radical (unpaired) electrons. The van der Waals surface area contributed by atoms with Crippen LogP contribution in [0.1, 0.15) is 70.8 Å². The summed E-state index contributed by atoms with van der Waals surface area (Å²) in [5.41, 5.74) is 3.77. The first-order chi connectivity index (χ1) is 22.6. The molecule has 1 spiro atoms. The van der Waals surface area contributed by atoms with Gasteiger partial charge in [-0.3, -0.25) is 4.79 Å². The number of fused-ring (bicyclic) bond motifs is 3. The van der Waals surface area contributed by atoms with Crippen LogP contribution in [0, 0.1) is 11.8 Å². The Balaban J connectivity index is 1.33. The standard InChI is InChI=1S/C38H43ClN2O5S/c1-3-5-13-36(26-10-7-6-8-11-26)47(44,45)40-37(43)28-15-19-35-33(22-28)41(23-29-14-17-31(29)34(42)4-2)24-38(25-46-35)20-9-12-27-21-30(39)16-18-32(27)38/h3-4,6-8,10-11,15-16,18-19,21-22,29,31,34,36,42H,1-2,5,9,12-14,17,20,23-25H2,(H,40,43)/t29?,31-,34+,36+,38+/m1/s1. The largest absolute Gasteiger partial charge is 0.490 e. The summed E-state index contributed by atoms with van der Waals surface area (Å²) < 4.78 is 36.2. The van der Waals surface area contributed by atoms with Crippen LogP contribution in [-0.2, 0) is 21.9 Å². The molecule has 0 bridgehead atoms. The molecule has 1 heterocycles. The van der Waals surface area contributed by atoms with Gasteiger partial charge in [0.1, 0.15) is 11.0 Å². The maximum absolute atomic E-state index is 13.7. The number of nitrogens with one attached hydrogen (secondary N) is 1. The Morgan fingerprint density at radius 1 is 1.13 bits per heavy atom. The zero-order chi connectivity index (χ0) is 33.2. The number of aryl methyl sites for hydroxylation is 1. The fraction of sp³-hybridized carbons (Fsp3) is 0.395. The van der Waals surface area contributed by atoms with Gasteiger partial charge in [-0.25, -0.2) is 13.1 Å². The number of allylic oxidation sites excluding steroid dienone is 1. The summed E-state index contributed by atoms with van der Waals surface area (Å²) in [6.07, 6.45) is 8.30. The molecule has 1 amide bonds. The van der Waals surface area contributed by atoms with E-state index >= 15 is 0 Å². The lowest BCUT2D eigenvalue weighted by molar-refractivity contribution is 0.0460. The fourth-order valence-electron chi connectivity index (χ4n) is 7.68.